The molecule has 5 N–H and O–H groups in total. The Labute approximate surface area is 206 Å². The van der Waals surface area contributed by atoms with Crippen molar-refractivity contribution in [3.8, 4) is 0 Å². The van der Waals surface area contributed by atoms with Crippen LogP contribution in [-0.2, 0) is 16.8 Å². The minimum atomic E-state index is -5.07. The molecule has 1 amide bonds. The monoisotopic (exact) mass is 534 g/mol. The lowest BCUT2D eigenvalue weighted by Crippen LogP contribution is -2.66. The molecule has 0 unspecified atom stereocenters. The van der Waals surface area contributed by atoms with E-state index in [4.69, 9.17) is 5.73 Å². The maximum absolute atomic E-state index is 15.2. The summed E-state index contributed by atoms with van der Waals surface area (Å²) in [6.45, 7) is 1.35. The summed E-state index contributed by atoms with van der Waals surface area (Å²) in [6, 6.07) is 9.77. The highest BCUT2D eigenvalue weighted by molar-refractivity contribution is 8.22. The fraction of sp³-hybridized carbons (Fsp3) is 0.458. The van der Waals surface area contributed by atoms with Gasteiger partial charge in [-0.25, -0.2) is 8.78 Å². The maximum atomic E-state index is 15.2. The molecule has 2 aromatic carbocycles. The number of nitrogens with zero attached hydrogens (tertiary/aromatic N) is 1. The second-order valence-corrected chi connectivity index (χ2v) is 11.9. The molecule has 0 bridgehead atoms. The number of hydrogen-bond donors (Lipinski definition) is 4. The number of carbonyl (C=O) groups is 1. The zero-order valence-corrected chi connectivity index (χ0v) is 20.1. The molecule has 1 saturated carbocycles. The zero-order chi connectivity index (χ0) is 26.7. The van der Waals surface area contributed by atoms with Crippen LogP contribution in [0.5, 0.6) is 0 Å². The van der Waals surface area contributed by atoms with E-state index in [2.05, 4.69) is 0 Å². The molecule has 4 rings (SSSR count). The van der Waals surface area contributed by atoms with Gasteiger partial charge >= 0.3 is 6.18 Å². The first-order valence-electron chi connectivity index (χ1n) is 11.3. The van der Waals surface area contributed by atoms with E-state index in [0.717, 1.165) is 6.07 Å². The fourth-order valence-electron chi connectivity index (χ4n) is 5.28. The van der Waals surface area contributed by atoms with Gasteiger partial charge in [-0.1, -0.05) is 30.3 Å². The Morgan fingerprint density at radius 1 is 1.11 bits per heavy atom. The first-order chi connectivity index (χ1) is 16.6. The average Bonchev–Trinajstić information content (AvgIpc) is 2.75. The van der Waals surface area contributed by atoms with Crippen LogP contribution in [-0.4, -0.2) is 42.2 Å². The number of carbonyl (C=O) groups excluding carboxylic acids is 1. The van der Waals surface area contributed by atoms with E-state index in [1.54, 1.807) is 37.3 Å². The van der Waals surface area contributed by atoms with Gasteiger partial charge in [-0.3, -0.25) is 13.9 Å². The summed E-state index contributed by atoms with van der Waals surface area (Å²) < 4.78 is 93.4. The summed E-state index contributed by atoms with van der Waals surface area (Å²) >= 11 is 0. The van der Waals surface area contributed by atoms with Gasteiger partial charge in [0.15, 0.2) is 5.60 Å². The smallest absolute Gasteiger partial charge is 0.380 e. The van der Waals surface area contributed by atoms with Crippen molar-refractivity contribution in [2.75, 3.05) is 0 Å². The average molecular weight is 535 g/mol. The second kappa shape index (κ2) is 8.95. The lowest BCUT2D eigenvalue weighted by atomic mass is 9.55. The third kappa shape index (κ3) is 4.28. The van der Waals surface area contributed by atoms with E-state index in [-0.39, 0.29) is 18.2 Å². The summed E-state index contributed by atoms with van der Waals surface area (Å²) in [6.07, 6.45) is -6.50. The molecule has 12 heteroatoms. The van der Waals surface area contributed by atoms with Gasteiger partial charge < -0.3 is 10.8 Å². The number of primary amides is 1. The van der Waals surface area contributed by atoms with E-state index in [9.17, 15) is 32.2 Å². The van der Waals surface area contributed by atoms with Crippen LogP contribution < -0.4 is 5.73 Å². The van der Waals surface area contributed by atoms with E-state index < -0.39 is 69.2 Å². The predicted octanol–water partition coefficient (Wildman–Crippen LogP) is 5.17. The van der Waals surface area contributed by atoms with Crippen LogP contribution in [0.3, 0.4) is 0 Å². The van der Waals surface area contributed by atoms with Crippen LogP contribution in [0.15, 0.2) is 42.5 Å². The largest absolute Gasteiger partial charge is 0.417 e. The zero-order valence-electron chi connectivity index (χ0n) is 19.3. The van der Waals surface area contributed by atoms with Crippen LogP contribution in [0.4, 0.5) is 22.0 Å². The number of alkyl halides is 3. The van der Waals surface area contributed by atoms with E-state index >= 15 is 8.78 Å². The van der Waals surface area contributed by atoms with Crippen molar-refractivity contribution in [2.45, 2.75) is 67.6 Å². The van der Waals surface area contributed by atoms with Gasteiger partial charge in [-0.05, 0) is 37.5 Å². The van der Waals surface area contributed by atoms with E-state index in [1.807, 2.05) is 0 Å². The summed E-state index contributed by atoms with van der Waals surface area (Å²) in [5, 5.41) is 9.18. The van der Waals surface area contributed by atoms with Crippen molar-refractivity contribution >= 4 is 16.7 Å². The molecule has 2 fully saturated rings. The number of nitrogens with two attached hydrogens (primary N) is 1. The highest BCUT2D eigenvalue weighted by Gasteiger charge is 2.70. The highest BCUT2D eigenvalue weighted by atomic mass is 32.3. The summed E-state index contributed by atoms with van der Waals surface area (Å²) in [5.41, 5.74) is -0.428. The van der Waals surface area contributed by atoms with E-state index in [0.29, 0.717) is 24.5 Å². The van der Waals surface area contributed by atoms with Gasteiger partial charge in [0, 0.05) is 36.6 Å². The van der Waals surface area contributed by atoms with Gasteiger partial charge in [0.1, 0.15) is 11.6 Å². The molecular weight excluding hydrogens is 507 g/mol. The van der Waals surface area contributed by atoms with Crippen molar-refractivity contribution in [3.05, 3.63) is 70.8 Å². The van der Waals surface area contributed by atoms with Gasteiger partial charge in [-0.2, -0.15) is 17.5 Å². The molecule has 1 aliphatic heterocycles. The molecule has 36 heavy (non-hydrogen) atoms. The fourth-order valence-corrected chi connectivity index (χ4v) is 7.54. The van der Waals surface area contributed by atoms with Crippen molar-refractivity contribution in [2.24, 2.45) is 5.73 Å². The Morgan fingerprint density at radius 3 is 2.28 bits per heavy atom. The molecule has 6 nitrogen and oxygen atoms in total. The molecule has 0 spiro atoms. The van der Waals surface area contributed by atoms with Gasteiger partial charge in [0.05, 0.1) is 10.7 Å². The van der Waals surface area contributed by atoms with Crippen molar-refractivity contribution in [1.29, 1.82) is 0 Å². The minimum Gasteiger partial charge on any atom is -0.380 e. The SMILES string of the molecule is C[C@H]1CC[C@H](c2ccccc2)S(O)(O)N1Cc1cc(F)c(C2(C(N)=O)CC(O)(C(F)(F)F)C2)cc1F. The van der Waals surface area contributed by atoms with E-state index in [1.165, 1.54) is 4.31 Å². The number of benzene rings is 2. The second-order valence-electron chi connectivity index (χ2n) is 9.71. The summed E-state index contributed by atoms with van der Waals surface area (Å²) in [7, 11) is -3.46. The van der Waals surface area contributed by atoms with Crippen LogP contribution in [0, 0.1) is 11.6 Å². The number of hydrogen-bond acceptors (Lipinski definition) is 5. The van der Waals surface area contributed by atoms with Crippen molar-refractivity contribution in [3.63, 3.8) is 0 Å². The molecule has 2 aromatic rings. The Morgan fingerprint density at radius 2 is 1.72 bits per heavy atom. The lowest BCUT2D eigenvalue weighted by Gasteiger charge is -2.54. The molecule has 0 aromatic heterocycles. The Hall–Kier alpha value is -2.25. The Balaban J connectivity index is 1.65. The number of halogens is 5. The van der Waals surface area contributed by atoms with Gasteiger partial charge in [0.2, 0.25) is 5.91 Å². The summed E-state index contributed by atoms with van der Waals surface area (Å²) in [4.78, 5) is 12.1. The molecule has 198 valence electrons. The molecule has 1 saturated heterocycles. The number of aliphatic hydroxyl groups is 1. The highest BCUT2D eigenvalue weighted by Crippen LogP contribution is 2.63. The molecule has 2 atom stereocenters. The van der Waals surface area contributed by atoms with Crippen LogP contribution in [0.2, 0.25) is 0 Å². The third-order valence-corrected chi connectivity index (χ3v) is 9.85. The van der Waals surface area contributed by atoms with Gasteiger partial charge in [-0.15, -0.1) is 10.8 Å². The maximum Gasteiger partial charge on any atom is 0.417 e. The minimum absolute atomic E-state index is 0.262. The number of rotatable bonds is 5. The van der Waals surface area contributed by atoms with Crippen LogP contribution >= 0.6 is 10.8 Å². The molecule has 2 aliphatic rings. The quantitative estimate of drug-likeness (QED) is 0.396. The van der Waals surface area contributed by atoms with Crippen LogP contribution in [0.1, 0.15) is 54.5 Å². The Bertz CT molecular complexity index is 1160. The first kappa shape index (κ1) is 26.8. The third-order valence-electron chi connectivity index (χ3n) is 7.40. The molecular formula is C24H27F5N2O4S. The van der Waals surface area contributed by atoms with Gasteiger partial charge in [0.25, 0.3) is 0 Å². The first-order valence-corrected chi connectivity index (χ1v) is 12.9. The topological polar surface area (TPSA) is 107 Å². The molecule has 1 heterocycles. The van der Waals surface area contributed by atoms with Crippen molar-refractivity contribution < 1.29 is 41.0 Å². The summed E-state index contributed by atoms with van der Waals surface area (Å²) in [5.74, 6) is -3.53. The molecule has 0 radical (unpaired) electrons. The lowest BCUT2D eigenvalue weighted by molar-refractivity contribution is -0.300. The normalized spacial score (nSPS) is 31.5. The predicted molar refractivity (Wildman–Crippen MR) is 124 cm³/mol. The van der Waals surface area contributed by atoms with Crippen molar-refractivity contribution in [1.82, 2.24) is 4.31 Å². The van der Waals surface area contributed by atoms with Crippen LogP contribution in [0.25, 0.3) is 0 Å². The number of amides is 1. The molecule has 1 aliphatic carbocycles. The Kier molecular flexibility index (Phi) is 6.66. The standard InChI is InChI=1S/C24H27F5N2O4S/c1-14-7-8-20(15-5-3-2-4-6-15)36(34,35)31(14)11-16-9-19(26)17(10-18(16)25)22(21(30)32)12-23(33,13-22)24(27,28)29/h2-6,9-10,14,20,33-35H,7-8,11-13H2,1H3,(H2,30,32)/t14-,20+,22?,23?/m0/s1.